The van der Waals surface area contributed by atoms with E-state index in [0.29, 0.717) is 13.1 Å². The first-order chi connectivity index (χ1) is 12.1. The largest absolute Gasteiger partial charge is 0.362 e. The number of amides is 1. The van der Waals surface area contributed by atoms with E-state index in [1.807, 2.05) is 29.7 Å². The molecular weight excluding hydrogens is 318 g/mol. The zero-order valence-electron chi connectivity index (χ0n) is 15.1. The number of hydrogen-bond acceptors (Lipinski definition) is 6. The Labute approximate surface area is 147 Å². The number of nitrogens with zero attached hydrogens (tertiary/aromatic N) is 6. The third-order valence-corrected chi connectivity index (χ3v) is 4.27. The van der Waals surface area contributed by atoms with Crippen molar-refractivity contribution >= 4 is 17.5 Å². The van der Waals surface area contributed by atoms with Gasteiger partial charge in [0.2, 0.25) is 5.91 Å². The van der Waals surface area contributed by atoms with Crippen LogP contribution in [-0.4, -0.2) is 57.7 Å². The minimum absolute atomic E-state index is 0.0236. The average molecular weight is 343 g/mol. The molecule has 2 aromatic rings. The van der Waals surface area contributed by atoms with Gasteiger partial charge in [0, 0.05) is 51.8 Å². The maximum Gasteiger partial charge on any atom is 0.239 e. The first kappa shape index (κ1) is 17.3. The van der Waals surface area contributed by atoms with E-state index < -0.39 is 0 Å². The third kappa shape index (κ3) is 3.96. The molecule has 0 atom stereocenters. The maximum atomic E-state index is 12.4. The van der Waals surface area contributed by atoms with Gasteiger partial charge < -0.3 is 10.2 Å². The highest BCUT2D eigenvalue weighted by Crippen LogP contribution is 2.24. The number of carbonyl (C=O) groups excluding carboxylic acids is 1. The van der Waals surface area contributed by atoms with Crippen LogP contribution in [0.3, 0.4) is 0 Å². The number of anilines is 2. The second-order valence-electron chi connectivity index (χ2n) is 6.47. The summed E-state index contributed by atoms with van der Waals surface area (Å²) < 4.78 is 1.82. The minimum Gasteiger partial charge on any atom is -0.362 e. The van der Waals surface area contributed by atoms with Gasteiger partial charge in [0.15, 0.2) is 0 Å². The maximum absolute atomic E-state index is 12.4. The summed E-state index contributed by atoms with van der Waals surface area (Å²) >= 11 is 0. The van der Waals surface area contributed by atoms with Crippen LogP contribution in [0.15, 0.2) is 18.6 Å². The molecule has 1 N–H and O–H groups in total. The van der Waals surface area contributed by atoms with Crippen molar-refractivity contribution in [2.45, 2.75) is 32.9 Å². The van der Waals surface area contributed by atoms with Crippen molar-refractivity contribution in [1.29, 1.82) is 0 Å². The lowest BCUT2D eigenvalue weighted by Crippen LogP contribution is -2.38. The molecule has 25 heavy (non-hydrogen) atoms. The molecule has 0 radical (unpaired) electrons. The Kier molecular flexibility index (Phi) is 5.28. The summed E-state index contributed by atoms with van der Waals surface area (Å²) in [5, 5.41) is 7.20. The number of carbonyl (C=O) groups is 1. The van der Waals surface area contributed by atoms with Crippen molar-refractivity contribution in [3.05, 3.63) is 29.8 Å². The number of rotatable bonds is 6. The molecular formula is C17H25N7O. The number of aryl methyl sites for hydroxylation is 1. The summed E-state index contributed by atoms with van der Waals surface area (Å²) in [4.78, 5) is 25.3. The van der Waals surface area contributed by atoms with E-state index >= 15 is 0 Å². The van der Waals surface area contributed by atoms with Crippen LogP contribution in [0.5, 0.6) is 0 Å². The highest BCUT2D eigenvalue weighted by molar-refractivity contribution is 5.91. The predicted octanol–water partition coefficient (Wildman–Crippen LogP) is 1.15. The number of fused-ring (bicyclic) bond motifs is 1. The zero-order chi connectivity index (χ0) is 17.8. The molecule has 0 aliphatic carbocycles. The Balaban J connectivity index is 1.64. The van der Waals surface area contributed by atoms with Crippen LogP contribution >= 0.6 is 0 Å². The van der Waals surface area contributed by atoms with Gasteiger partial charge in [-0.15, -0.1) is 0 Å². The van der Waals surface area contributed by atoms with Gasteiger partial charge in [-0.05, 0) is 6.42 Å². The summed E-state index contributed by atoms with van der Waals surface area (Å²) in [7, 11) is 3.95. The average Bonchev–Trinajstić information content (AvgIpc) is 3.01. The quantitative estimate of drug-likeness (QED) is 0.847. The molecule has 3 rings (SSSR count). The Bertz CT molecular complexity index is 740. The topological polar surface area (TPSA) is 79.2 Å². The fourth-order valence-electron chi connectivity index (χ4n) is 3.12. The van der Waals surface area contributed by atoms with E-state index in [1.54, 1.807) is 12.5 Å². The lowest BCUT2D eigenvalue weighted by molar-refractivity contribution is -0.117. The van der Waals surface area contributed by atoms with Crippen molar-refractivity contribution in [1.82, 2.24) is 24.6 Å². The fourth-order valence-corrected chi connectivity index (χ4v) is 3.12. The van der Waals surface area contributed by atoms with E-state index in [-0.39, 0.29) is 5.91 Å². The van der Waals surface area contributed by atoms with E-state index in [9.17, 15) is 4.79 Å². The highest BCUT2D eigenvalue weighted by Gasteiger charge is 2.23. The first-order valence-corrected chi connectivity index (χ1v) is 8.62. The van der Waals surface area contributed by atoms with Crippen LogP contribution in [-0.2, 0) is 24.3 Å². The zero-order valence-corrected chi connectivity index (χ0v) is 15.1. The molecule has 8 nitrogen and oxygen atoms in total. The van der Waals surface area contributed by atoms with Crippen LogP contribution in [0.25, 0.3) is 0 Å². The van der Waals surface area contributed by atoms with Crippen molar-refractivity contribution in [3.63, 3.8) is 0 Å². The molecule has 0 unspecified atom stereocenters. The Morgan fingerprint density at radius 1 is 1.36 bits per heavy atom. The molecule has 8 heteroatoms. The SMILES string of the molecule is CCCn1nccc1NC(=O)CN1CCc2ncnc(N(C)C)c2C1. The van der Waals surface area contributed by atoms with Crippen LogP contribution in [0.2, 0.25) is 0 Å². The summed E-state index contributed by atoms with van der Waals surface area (Å²) in [6.07, 6.45) is 5.13. The molecule has 1 amide bonds. The van der Waals surface area contributed by atoms with Gasteiger partial charge in [0.05, 0.1) is 18.4 Å². The standard InChI is InChI=1S/C17H25N7O/c1-4-8-24-15(5-7-20-24)21-16(25)11-23-9-6-14-13(10-23)17(22(2)3)19-12-18-14/h5,7,12H,4,6,8-11H2,1-3H3,(H,21,25). The van der Waals surface area contributed by atoms with E-state index in [0.717, 1.165) is 48.8 Å². The molecule has 0 aromatic carbocycles. The molecule has 0 spiro atoms. The molecule has 0 fully saturated rings. The molecule has 3 heterocycles. The number of nitrogens with one attached hydrogen (secondary N) is 1. The fraction of sp³-hybridized carbons (Fsp3) is 0.529. The third-order valence-electron chi connectivity index (χ3n) is 4.27. The molecule has 1 aliphatic rings. The number of hydrogen-bond donors (Lipinski definition) is 1. The van der Waals surface area contributed by atoms with Crippen LogP contribution in [0, 0.1) is 0 Å². The molecule has 0 saturated carbocycles. The summed E-state index contributed by atoms with van der Waals surface area (Å²) in [5.41, 5.74) is 2.19. The molecule has 0 bridgehead atoms. The smallest absolute Gasteiger partial charge is 0.239 e. The Morgan fingerprint density at radius 3 is 2.96 bits per heavy atom. The second-order valence-corrected chi connectivity index (χ2v) is 6.47. The van der Waals surface area contributed by atoms with Gasteiger partial charge >= 0.3 is 0 Å². The highest BCUT2D eigenvalue weighted by atomic mass is 16.2. The lowest BCUT2D eigenvalue weighted by Gasteiger charge is -2.29. The van der Waals surface area contributed by atoms with Gasteiger partial charge in [-0.2, -0.15) is 5.10 Å². The molecule has 2 aromatic heterocycles. The monoisotopic (exact) mass is 343 g/mol. The molecule has 1 aliphatic heterocycles. The summed E-state index contributed by atoms with van der Waals surface area (Å²) in [6.45, 7) is 4.73. The molecule has 0 saturated heterocycles. The normalized spacial score (nSPS) is 14.2. The van der Waals surface area contributed by atoms with E-state index in [4.69, 9.17) is 0 Å². The number of aromatic nitrogens is 4. The summed E-state index contributed by atoms with van der Waals surface area (Å²) in [6, 6.07) is 1.83. The van der Waals surface area contributed by atoms with E-state index in [2.05, 4.69) is 32.2 Å². The van der Waals surface area contributed by atoms with E-state index in [1.165, 1.54) is 0 Å². The first-order valence-electron chi connectivity index (χ1n) is 8.62. The van der Waals surface area contributed by atoms with Gasteiger partial charge in [0.25, 0.3) is 0 Å². The van der Waals surface area contributed by atoms with Crippen molar-refractivity contribution in [2.24, 2.45) is 0 Å². The minimum atomic E-state index is -0.0236. The van der Waals surface area contributed by atoms with Gasteiger partial charge in [-0.3, -0.25) is 9.69 Å². The lowest BCUT2D eigenvalue weighted by atomic mass is 10.1. The molecule has 134 valence electrons. The summed E-state index contributed by atoms with van der Waals surface area (Å²) in [5.74, 6) is 1.65. The Hall–Kier alpha value is -2.48. The van der Waals surface area contributed by atoms with Gasteiger partial charge in [-0.1, -0.05) is 6.92 Å². The van der Waals surface area contributed by atoms with Crippen LogP contribution in [0.1, 0.15) is 24.6 Å². The predicted molar refractivity (Wildman–Crippen MR) is 96.5 cm³/mol. The van der Waals surface area contributed by atoms with Crippen molar-refractivity contribution in [3.8, 4) is 0 Å². The van der Waals surface area contributed by atoms with Crippen LogP contribution in [0.4, 0.5) is 11.6 Å². The van der Waals surface area contributed by atoms with Gasteiger partial charge in [0.1, 0.15) is 18.0 Å². The van der Waals surface area contributed by atoms with Crippen molar-refractivity contribution < 1.29 is 4.79 Å². The van der Waals surface area contributed by atoms with Crippen molar-refractivity contribution in [2.75, 3.05) is 37.4 Å². The van der Waals surface area contributed by atoms with Gasteiger partial charge in [-0.25, -0.2) is 14.6 Å². The Morgan fingerprint density at radius 2 is 2.20 bits per heavy atom. The van der Waals surface area contributed by atoms with Crippen LogP contribution < -0.4 is 10.2 Å². The second kappa shape index (κ2) is 7.60.